The predicted octanol–water partition coefficient (Wildman–Crippen LogP) is 3.63. The monoisotopic (exact) mass is 372 g/mol. The smallest absolute Gasteiger partial charge is 0.351 e. The fraction of sp³-hybridized carbons (Fsp3) is 0.235. The summed E-state index contributed by atoms with van der Waals surface area (Å²) in [7, 11) is 0. The Kier molecular flexibility index (Phi) is 5.69. The van der Waals surface area contributed by atoms with Crippen molar-refractivity contribution in [1.82, 2.24) is 10.3 Å². The molecule has 1 unspecified atom stereocenters. The molecule has 1 heterocycles. The van der Waals surface area contributed by atoms with E-state index in [1.165, 1.54) is 6.92 Å². The normalized spacial score (nSPS) is 12.5. The average Bonchev–Trinajstić information content (AvgIpc) is 2.58. The van der Waals surface area contributed by atoms with Crippen LogP contribution in [-0.2, 0) is 6.18 Å². The Bertz CT molecular complexity index is 799. The number of hydrogen-bond donors (Lipinski definition) is 1. The number of carbonyl (C=O) groups excluding carboxylic acids is 2. The number of Topliss-reactive ketones (excluding diaryl/α,β-unsaturated/α-hetero) is 1. The van der Waals surface area contributed by atoms with Crippen LogP contribution in [0.3, 0.4) is 0 Å². The van der Waals surface area contributed by atoms with Crippen LogP contribution >= 0.6 is 0 Å². The Morgan fingerprint density at radius 2 is 1.73 bits per heavy atom. The van der Waals surface area contributed by atoms with Crippen molar-refractivity contribution in [3.63, 3.8) is 0 Å². The van der Waals surface area contributed by atoms with Crippen LogP contribution in [0.2, 0.25) is 0 Å². The summed E-state index contributed by atoms with van der Waals surface area (Å²) in [6.45, 7) is 1.13. The number of amides is 1. The number of benzene rings is 1. The predicted molar refractivity (Wildman–Crippen MR) is 81.4 cm³/mol. The van der Waals surface area contributed by atoms with Crippen molar-refractivity contribution >= 4 is 11.7 Å². The zero-order valence-corrected chi connectivity index (χ0v) is 13.4. The lowest BCUT2D eigenvalue weighted by Gasteiger charge is -2.13. The van der Waals surface area contributed by atoms with Gasteiger partial charge in [-0.2, -0.15) is 13.2 Å². The molecule has 1 amide bonds. The van der Waals surface area contributed by atoms with Gasteiger partial charge in [0.1, 0.15) is 22.9 Å². The lowest BCUT2D eigenvalue weighted by atomic mass is 10.0. The number of nitrogens with one attached hydrogen (secondary N) is 1. The first-order valence-electron chi connectivity index (χ1n) is 7.41. The Labute approximate surface area is 145 Å². The third kappa shape index (κ3) is 4.41. The third-order valence-electron chi connectivity index (χ3n) is 3.55. The van der Waals surface area contributed by atoms with E-state index in [1.54, 1.807) is 0 Å². The largest absolute Gasteiger partial charge is 0.417 e. The highest BCUT2D eigenvalue weighted by molar-refractivity contribution is 5.97. The molecule has 0 saturated heterocycles. The molecule has 0 bridgehead atoms. The second-order valence-corrected chi connectivity index (χ2v) is 5.50. The molecule has 0 radical (unpaired) electrons. The molecule has 2 aromatic rings. The fourth-order valence-electron chi connectivity index (χ4n) is 2.10. The molecule has 1 atom stereocenters. The number of hydrogen-bond acceptors (Lipinski definition) is 3. The summed E-state index contributed by atoms with van der Waals surface area (Å²) in [6, 6.07) is 4.58. The van der Waals surface area contributed by atoms with Gasteiger partial charge in [-0.05, 0) is 24.3 Å². The van der Waals surface area contributed by atoms with E-state index in [0.717, 1.165) is 30.3 Å². The van der Waals surface area contributed by atoms with E-state index in [0.29, 0.717) is 6.20 Å². The zero-order chi connectivity index (χ0) is 19.5. The number of carbonyl (C=O) groups is 2. The van der Waals surface area contributed by atoms with Crippen LogP contribution in [0.15, 0.2) is 36.5 Å². The number of halogens is 5. The summed E-state index contributed by atoms with van der Waals surface area (Å²) in [4.78, 5) is 27.5. The number of aromatic nitrogens is 1. The van der Waals surface area contributed by atoms with E-state index in [4.69, 9.17) is 0 Å². The minimum Gasteiger partial charge on any atom is -0.351 e. The van der Waals surface area contributed by atoms with E-state index in [9.17, 15) is 31.5 Å². The molecular weight excluding hydrogens is 359 g/mol. The van der Waals surface area contributed by atoms with Crippen molar-refractivity contribution in [3.05, 3.63) is 65.0 Å². The van der Waals surface area contributed by atoms with Gasteiger partial charge in [-0.1, -0.05) is 13.0 Å². The van der Waals surface area contributed by atoms with Gasteiger partial charge in [0.2, 0.25) is 0 Å². The topological polar surface area (TPSA) is 59.1 Å². The first kappa shape index (κ1) is 19.5. The Hall–Kier alpha value is -2.84. The molecule has 0 aliphatic heterocycles. The van der Waals surface area contributed by atoms with Crippen molar-refractivity contribution in [2.75, 3.05) is 6.54 Å². The molecule has 1 aromatic carbocycles. The van der Waals surface area contributed by atoms with Gasteiger partial charge in [-0.15, -0.1) is 0 Å². The Morgan fingerprint density at radius 3 is 2.23 bits per heavy atom. The van der Waals surface area contributed by atoms with Gasteiger partial charge >= 0.3 is 6.18 Å². The van der Waals surface area contributed by atoms with Crippen molar-refractivity contribution in [1.29, 1.82) is 0 Å². The van der Waals surface area contributed by atoms with E-state index in [2.05, 4.69) is 10.3 Å². The quantitative estimate of drug-likeness (QED) is 0.644. The highest BCUT2D eigenvalue weighted by atomic mass is 19.4. The number of ketones is 1. The molecule has 0 aliphatic rings. The average molecular weight is 372 g/mol. The molecule has 138 valence electrons. The Balaban J connectivity index is 2.02. The molecule has 1 aromatic heterocycles. The van der Waals surface area contributed by atoms with Gasteiger partial charge in [0.25, 0.3) is 5.91 Å². The summed E-state index contributed by atoms with van der Waals surface area (Å²) in [5, 5.41) is 2.22. The van der Waals surface area contributed by atoms with Crippen molar-refractivity contribution in [2.24, 2.45) is 5.92 Å². The standard InChI is InChI=1S/C17H13F5N2O2/c1-9(7-24-16(26)14-11(18)3-2-4-12(14)19)15(25)13-6-5-10(8-23-13)17(20,21)22/h2-6,8-9H,7H2,1H3,(H,24,26). The van der Waals surface area contributed by atoms with Crippen LogP contribution in [0.5, 0.6) is 0 Å². The maximum absolute atomic E-state index is 13.5. The van der Waals surface area contributed by atoms with Crippen molar-refractivity contribution in [3.8, 4) is 0 Å². The number of pyridine rings is 1. The molecule has 0 aliphatic carbocycles. The molecule has 0 fully saturated rings. The van der Waals surface area contributed by atoms with Crippen LogP contribution in [0, 0.1) is 17.6 Å². The summed E-state index contributed by atoms with van der Waals surface area (Å²) >= 11 is 0. The second-order valence-electron chi connectivity index (χ2n) is 5.50. The van der Waals surface area contributed by atoms with Gasteiger partial charge < -0.3 is 5.32 Å². The molecular formula is C17H13F5N2O2. The molecule has 0 saturated carbocycles. The SMILES string of the molecule is CC(CNC(=O)c1c(F)cccc1F)C(=O)c1ccc(C(F)(F)F)cn1. The van der Waals surface area contributed by atoms with Gasteiger partial charge in [-0.3, -0.25) is 14.6 Å². The van der Waals surface area contributed by atoms with Crippen LogP contribution < -0.4 is 5.32 Å². The van der Waals surface area contributed by atoms with Crippen molar-refractivity contribution < 1.29 is 31.5 Å². The van der Waals surface area contributed by atoms with E-state index < -0.39 is 46.5 Å². The molecule has 2 rings (SSSR count). The van der Waals surface area contributed by atoms with Crippen LogP contribution in [0.1, 0.15) is 33.3 Å². The number of rotatable bonds is 5. The van der Waals surface area contributed by atoms with Crippen LogP contribution in [0.25, 0.3) is 0 Å². The zero-order valence-electron chi connectivity index (χ0n) is 13.4. The van der Waals surface area contributed by atoms with Crippen LogP contribution in [0.4, 0.5) is 22.0 Å². The Morgan fingerprint density at radius 1 is 1.12 bits per heavy atom. The summed E-state index contributed by atoms with van der Waals surface area (Å²) in [5.41, 5.74) is -1.98. The fourth-order valence-corrected chi connectivity index (χ4v) is 2.10. The molecule has 0 spiro atoms. The lowest BCUT2D eigenvalue weighted by molar-refractivity contribution is -0.137. The summed E-state index contributed by atoms with van der Waals surface area (Å²) < 4.78 is 64.5. The summed E-state index contributed by atoms with van der Waals surface area (Å²) in [6.07, 6.45) is -4.04. The minimum atomic E-state index is -4.57. The lowest BCUT2D eigenvalue weighted by Crippen LogP contribution is -2.33. The molecule has 4 nitrogen and oxygen atoms in total. The first-order chi connectivity index (χ1) is 12.1. The van der Waals surface area contributed by atoms with E-state index in [1.807, 2.05) is 0 Å². The number of alkyl halides is 3. The van der Waals surface area contributed by atoms with Gasteiger partial charge in [0.15, 0.2) is 5.78 Å². The molecule has 26 heavy (non-hydrogen) atoms. The third-order valence-corrected chi connectivity index (χ3v) is 3.55. The van der Waals surface area contributed by atoms with Gasteiger partial charge in [0, 0.05) is 18.7 Å². The summed E-state index contributed by atoms with van der Waals surface area (Å²) in [5.74, 6) is -4.62. The van der Waals surface area contributed by atoms with Gasteiger partial charge in [-0.25, -0.2) is 8.78 Å². The highest BCUT2D eigenvalue weighted by Gasteiger charge is 2.31. The van der Waals surface area contributed by atoms with Crippen LogP contribution in [-0.4, -0.2) is 23.2 Å². The minimum absolute atomic E-state index is 0.211. The van der Waals surface area contributed by atoms with E-state index >= 15 is 0 Å². The number of nitrogens with zero attached hydrogens (tertiary/aromatic N) is 1. The second kappa shape index (κ2) is 7.59. The van der Waals surface area contributed by atoms with Crippen molar-refractivity contribution in [2.45, 2.75) is 13.1 Å². The first-order valence-corrected chi connectivity index (χ1v) is 7.41. The molecule has 9 heteroatoms. The van der Waals surface area contributed by atoms with E-state index in [-0.39, 0.29) is 12.2 Å². The maximum atomic E-state index is 13.5. The molecule has 1 N–H and O–H groups in total. The highest BCUT2D eigenvalue weighted by Crippen LogP contribution is 2.28. The maximum Gasteiger partial charge on any atom is 0.417 e. The van der Waals surface area contributed by atoms with Gasteiger partial charge in [0.05, 0.1) is 5.56 Å².